The van der Waals surface area contributed by atoms with Gasteiger partial charge in [-0.3, -0.25) is 14.6 Å². The van der Waals surface area contributed by atoms with Crippen LogP contribution in [0, 0.1) is 0 Å². The predicted octanol–water partition coefficient (Wildman–Crippen LogP) is 0.319. The molecular formula is C12H15N3O2. The van der Waals surface area contributed by atoms with Gasteiger partial charge in [0.25, 0.3) is 0 Å². The Morgan fingerprint density at radius 2 is 2.24 bits per heavy atom. The Bertz CT molecular complexity index is 442. The van der Waals surface area contributed by atoms with Gasteiger partial charge in [-0.2, -0.15) is 0 Å². The number of carbonyl (C=O) groups excluding carboxylic acids is 2. The maximum Gasteiger partial charge on any atom is 0.245 e. The average Bonchev–Trinajstić information content (AvgIpc) is 2.32. The first-order valence-corrected chi connectivity index (χ1v) is 5.49. The number of piperazine rings is 1. The Morgan fingerprint density at radius 3 is 2.88 bits per heavy atom. The lowest BCUT2D eigenvalue weighted by molar-refractivity contribution is -0.152. The SMILES string of the molecule is CC1(C)C(=O)NCC(=O)N1Cc1cccnc1. The summed E-state index contributed by atoms with van der Waals surface area (Å²) in [4.78, 5) is 29.2. The second kappa shape index (κ2) is 4.16. The Labute approximate surface area is 99.8 Å². The van der Waals surface area contributed by atoms with Crippen LogP contribution in [0.5, 0.6) is 0 Å². The van der Waals surface area contributed by atoms with Gasteiger partial charge in [0.15, 0.2) is 0 Å². The smallest absolute Gasteiger partial charge is 0.245 e. The van der Waals surface area contributed by atoms with Crippen molar-refractivity contribution in [1.82, 2.24) is 15.2 Å². The molecule has 0 aliphatic carbocycles. The summed E-state index contributed by atoms with van der Waals surface area (Å²) in [5, 5.41) is 2.59. The molecule has 1 aromatic heterocycles. The third-order valence-corrected chi connectivity index (χ3v) is 3.00. The molecule has 1 saturated heterocycles. The molecule has 0 unspecified atom stereocenters. The van der Waals surface area contributed by atoms with Gasteiger partial charge in [0.1, 0.15) is 5.54 Å². The van der Waals surface area contributed by atoms with Crippen LogP contribution < -0.4 is 5.32 Å². The van der Waals surface area contributed by atoms with Crippen LogP contribution in [0.1, 0.15) is 19.4 Å². The van der Waals surface area contributed by atoms with E-state index in [1.54, 1.807) is 31.1 Å². The Hall–Kier alpha value is -1.91. The van der Waals surface area contributed by atoms with Crippen LogP contribution in [0.25, 0.3) is 0 Å². The number of hydrogen-bond acceptors (Lipinski definition) is 3. The number of carbonyl (C=O) groups is 2. The Balaban J connectivity index is 2.23. The number of nitrogens with zero attached hydrogens (tertiary/aromatic N) is 2. The number of nitrogens with one attached hydrogen (secondary N) is 1. The van der Waals surface area contributed by atoms with Gasteiger partial charge in [0, 0.05) is 18.9 Å². The van der Waals surface area contributed by atoms with Crippen molar-refractivity contribution in [3.63, 3.8) is 0 Å². The minimum atomic E-state index is -0.814. The van der Waals surface area contributed by atoms with Gasteiger partial charge in [-0.25, -0.2) is 0 Å². The molecule has 2 rings (SSSR count). The Morgan fingerprint density at radius 1 is 1.47 bits per heavy atom. The molecule has 0 atom stereocenters. The highest BCUT2D eigenvalue weighted by Crippen LogP contribution is 2.20. The molecule has 1 fully saturated rings. The van der Waals surface area contributed by atoms with Crippen molar-refractivity contribution in [2.45, 2.75) is 25.9 Å². The third kappa shape index (κ3) is 2.13. The van der Waals surface area contributed by atoms with Gasteiger partial charge < -0.3 is 10.2 Å². The van der Waals surface area contributed by atoms with Gasteiger partial charge in [-0.15, -0.1) is 0 Å². The van der Waals surface area contributed by atoms with Crippen LogP contribution in [0.4, 0.5) is 0 Å². The molecule has 0 spiro atoms. The van der Waals surface area contributed by atoms with Crippen LogP contribution in [0.15, 0.2) is 24.5 Å². The second-order valence-corrected chi connectivity index (χ2v) is 4.58. The van der Waals surface area contributed by atoms with E-state index in [4.69, 9.17) is 0 Å². The fourth-order valence-corrected chi connectivity index (χ4v) is 1.86. The van der Waals surface area contributed by atoms with E-state index in [-0.39, 0.29) is 18.4 Å². The maximum atomic E-state index is 11.9. The molecule has 0 saturated carbocycles. The van der Waals surface area contributed by atoms with Crippen molar-refractivity contribution in [3.8, 4) is 0 Å². The third-order valence-electron chi connectivity index (χ3n) is 3.00. The quantitative estimate of drug-likeness (QED) is 0.800. The molecule has 2 heterocycles. The highest BCUT2D eigenvalue weighted by atomic mass is 16.2. The van der Waals surface area contributed by atoms with Gasteiger partial charge in [-0.05, 0) is 25.5 Å². The zero-order valence-electron chi connectivity index (χ0n) is 9.93. The average molecular weight is 233 g/mol. The maximum absolute atomic E-state index is 11.9. The summed E-state index contributed by atoms with van der Waals surface area (Å²) in [6, 6.07) is 3.71. The summed E-state index contributed by atoms with van der Waals surface area (Å²) >= 11 is 0. The molecule has 1 aromatic rings. The predicted molar refractivity (Wildman–Crippen MR) is 61.9 cm³/mol. The molecule has 2 amide bonds. The standard InChI is InChI=1S/C12H15N3O2/c1-12(2)11(17)14-7-10(16)15(12)8-9-4-3-5-13-6-9/h3-6H,7-8H2,1-2H3,(H,14,17). The topological polar surface area (TPSA) is 62.3 Å². The van der Waals surface area contributed by atoms with E-state index in [0.717, 1.165) is 5.56 Å². The molecule has 1 aliphatic heterocycles. The van der Waals surface area contributed by atoms with Crippen LogP contribution in [0.2, 0.25) is 0 Å². The van der Waals surface area contributed by atoms with Crippen molar-refractivity contribution in [3.05, 3.63) is 30.1 Å². The second-order valence-electron chi connectivity index (χ2n) is 4.58. The summed E-state index contributed by atoms with van der Waals surface area (Å²) in [6.07, 6.45) is 3.38. The molecule has 90 valence electrons. The zero-order chi connectivity index (χ0) is 12.5. The number of amides is 2. The Kier molecular flexibility index (Phi) is 2.83. The molecule has 0 radical (unpaired) electrons. The first kappa shape index (κ1) is 11.6. The van der Waals surface area contributed by atoms with E-state index in [1.165, 1.54) is 0 Å². The largest absolute Gasteiger partial charge is 0.345 e. The molecule has 5 nitrogen and oxygen atoms in total. The first-order valence-electron chi connectivity index (χ1n) is 5.49. The lowest BCUT2D eigenvalue weighted by Gasteiger charge is -2.41. The van der Waals surface area contributed by atoms with Gasteiger partial charge >= 0.3 is 0 Å². The summed E-state index contributed by atoms with van der Waals surface area (Å²) in [5.41, 5.74) is 0.106. The van der Waals surface area contributed by atoms with Gasteiger partial charge in [0.05, 0.1) is 6.54 Å². The molecule has 5 heteroatoms. The van der Waals surface area contributed by atoms with Gasteiger partial charge in [0.2, 0.25) is 11.8 Å². The first-order chi connectivity index (χ1) is 8.01. The summed E-state index contributed by atoms with van der Waals surface area (Å²) < 4.78 is 0. The minimum Gasteiger partial charge on any atom is -0.345 e. The van der Waals surface area contributed by atoms with Crippen LogP contribution >= 0.6 is 0 Å². The van der Waals surface area contributed by atoms with E-state index in [0.29, 0.717) is 6.54 Å². The van der Waals surface area contributed by atoms with E-state index >= 15 is 0 Å². The summed E-state index contributed by atoms with van der Waals surface area (Å²) in [7, 11) is 0. The molecule has 0 aromatic carbocycles. The van der Waals surface area contributed by atoms with Gasteiger partial charge in [-0.1, -0.05) is 6.07 Å². The van der Waals surface area contributed by atoms with E-state index in [1.807, 2.05) is 12.1 Å². The van der Waals surface area contributed by atoms with Crippen LogP contribution in [-0.4, -0.2) is 33.8 Å². The molecular weight excluding hydrogens is 218 g/mol. The summed E-state index contributed by atoms with van der Waals surface area (Å²) in [6.45, 7) is 3.97. The van der Waals surface area contributed by atoms with Crippen molar-refractivity contribution >= 4 is 11.8 Å². The van der Waals surface area contributed by atoms with Crippen molar-refractivity contribution in [2.75, 3.05) is 6.54 Å². The molecule has 0 bridgehead atoms. The van der Waals surface area contributed by atoms with Crippen LogP contribution in [0.3, 0.4) is 0 Å². The highest BCUT2D eigenvalue weighted by Gasteiger charge is 2.41. The van der Waals surface area contributed by atoms with E-state index in [2.05, 4.69) is 10.3 Å². The fraction of sp³-hybridized carbons (Fsp3) is 0.417. The van der Waals surface area contributed by atoms with Crippen LogP contribution in [-0.2, 0) is 16.1 Å². The number of pyridine rings is 1. The van der Waals surface area contributed by atoms with E-state index < -0.39 is 5.54 Å². The fourth-order valence-electron chi connectivity index (χ4n) is 1.86. The number of hydrogen-bond donors (Lipinski definition) is 1. The normalized spacial score (nSPS) is 19.1. The number of rotatable bonds is 2. The highest BCUT2D eigenvalue weighted by molar-refractivity contribution is 5.97. The van der Waals surface area contributed by atoms with Crippen molar-refractivity contribution < 1.29 is 9.59 Å². The summed E-state index contributed by atoms with van der Waals surface area (Å²) in [5.74, 6) is -0.195. The van der Waals surface area contributed by atoms with Crippen molar-refractivity contribution in [2.24, 2.45) is 0 Å². The minimum absolute atomic E-state index is 0.0709. The molecule has 17 heavy (non-hydrogen) atoms. The number of aromatic nitrogens is 1. The molecule has 1 N–H and O–H groups in total. The van der Waals surface area contributed by atoms with E-state index in [9.17, 15) is 9.59 Å². The molecule has 1 aliphatic rings. The lowest BCUT2D eigenvalue weighted by Crippen LogP contribution is -2.63. The lowest BCUT2D eigenvalue weighted by atomic mass is 9.98. The monoisotopic (exact) mass is 233 g/mol. The van der Waals surface area contributed by atoms with Crippen molar-refractivity contribution in [1.29, 1.82) is 0 Å². The zero-order valence-corrected chi connectivity index (χ0v) is 9.93.